The van der Waals surface area contributed by atoms with E-state index in [4.69, 9.17) is 4.74 Å². The van der Waals surface area contributed by atoms with E-state index in [1.165, 1.54) is 0 Å². The summed E-state index contributed by atoms with van der Waals surface area (Å²) in [6.45, 7) is 4.48. The van der Waals surface area contributed by atoms with Gasteiger partial charge in [0.15, 0.2) is 5.67 Å². The van der Waals surface area contributed by atoms with Gasteiger partial charge in [-0.2, -0.15) is 0 Å². The van der Waals surface area contributed by atoms with E-state index in [2.05, 4.69) is 5.32 Å². The lowest BCUT2D eigenvalue weighted by Gasteiger charge is -2.34. The highest BCUT2D eigenvalue weighted by Crippen LogP contribution is 2.23. The maximum atomic E-state index is 13.7. The Labute approximate surface area is 100.0 Å². The number of nitrogens with one attached hydrogen (secondary N) is 1. The summed E-state index contributed by atoms with van der Waals surface area (Å²) in [4.78, 5) is 10.9. The van der Waals surface area contributed by atoms with Crippen LogP contribution < -0.4 is 10.1 Å². The van der Waals surface area contributed by atoms with Crippen molar-refractivity contribution in [1.29, 1.82) is 0 Å². The molecule has 4 heteroatoms. The largest absolute Gasteiger partial charge is 0.490 e. The molecule has 92 valence electrons. The molecule has 1 heterocycles. The number of aryl methyl sites for hydroxylation is 1. The van der Waals surface area contributed by atoms with Crippen LogP contribution in [0.25, 0.3) is 0 Å². The molecule has 0 bridgehead atoms. The van der Waals surface area contributed by atoms with Gasteiger partial charge in [-0.15, -0.1) is 0 Å². The van der Waals surface area contributed by atoms with Crippen molar-refractivity contribution in [2.24, 2.45) is 0 Å². The zero-order chi connectivity index (χ0) is 12.5. The first-order valence-corrected chi connectivity index (χ1v) is 5.63. The molecule has 1 aliphatic heterocycles. The molecule has 0 unspecified atom stereocenters. The van der Waals surface area contributed by atoms with Crippen molar-refractivity contribution < 1.29 is 13.9 Å². The second-order valence-corrected chi connectivity index (χ2v) is 4.62. The third-order valence-electron chi connectivity index (χ3n) is 3.19. The van der Waals surface area contributed by atoms with Crippen molar-refractivity contribution in [3.63, 3.8) is 0 Å². The monoisotopic (exact) mass is 237 g/mol. The molecule has 0 radical (unpaired) electrons. The first kappa shape index (κ1) is 12.0. The highest BCUT2D eigenvalue weighted by molar-refractivity contribution is 5.78. The van der Waals surface area contributed by atoms with Gasteiger partial charge < -0.3 is 10.1 Å². The van der Waals surface area contributed by atoms with Gasteiger partial charge in [-0.25, -0.2) is 4.39 Å². The van der Waals surface area contributed by atoms with Crippen LogP contribution in [0.15, 0.2) is 12.1 Å². The molecule has 0 aliphatic carbocycles. The van der Waals surface area contributed by atoms with Crippen LogP contribution >= 0.6 is 0 Å². The van der Waals surface area contributed by atoms with Gasteiger partial charge in [0.25, 0.3) is 0 Å². The minimum Gasteiger partial charge on any atom is -0.490 e. The van der Waals surface area contributed by atoms with Gasteiger partial charge >= 0.3 is 0 Å². The predicted molar refractivity (Wildman–Crippen MR) is 63.5 cm³/mol. The second kappa shape index (κ2) is 4.45. The standard InChI is InChI=1S/C13H16FNO2/c1-9-3-12(4-11(5-16)10(9)2)17-8-13(14)6-15-7-13/h3-5,15H,6-8H2,1-2H3. The number of hydrogen-bond acceptors (Lipinski definition) is 3. The highest BCUT2D eigenvalue weighted by atomic mass is 19.1. The lowest BCUT2D eigenvalue weighted by molar-refractivity contribution is 0.0346. The fourth-order valence-electron chi connectivity index (χ4n) is 1.77. The lowest BCUT2D eigenvalue weighted by Crippen LogP contribution is -2.59. The van der Waals surface area contributed by atoms with Crippen molar-refractivity contribution >= 4 is 6.29 Å². The smallest absolute Gasteiger partial charge is 0.169 e. The predicted octanol–water partition coefficient (Wildman–Crippen LogP) is 1.81. The molecule has 1 N–H and O–H groups in total. The molecule has 1 aromatic carbocycles. The number of benzene rings is 1. The summed E-state index contributed by atoms with van der Waals surface area (Å²) in [7, 11) is 0. The van der Waals surface area contributed by atoms with E-state index in [1.54, 1.807) is 6.07 Å². The van der Waals surface area contributed by atoms with Crippen LogP contribution in [0.4, 0.5) is 4.39 Å². The quantitative estimate of drug-likeness (QED) is 0.812. The van der Waals surface area contributed by atoms with Crippen molar-refractivity contribution in [3.8, 4) is 5.75 Å². The fraction of sp³-hybridized carbons (Fsp3) is 0.462. The minimum atomic E-state index is -1.26. The zero-order valence-corrected chi connectivity index (χ0v) is 10.0. The molecule has 0 aromatic heterocycles. The molecule has 0 amide bonds. The summed E-state index contributed by atoms with van der Waals surface area (Å²) in [6, 6.07) is 3.49. The average molecular weight is 237 g/mol. The van der Waals surface area contributed by atoms with E-state index in [-0.39, 0.29) is 6.61 Å². The number of carbonyl (C=O) groups is 1. The van der Waals surface area contributed by atoms with Gasteiger partial charge in [0, 0.05) is 18.7 Å². The SMILES string of the molecule is Cc1cc(OCC2(F)CNC2)cc(C=O)c1C. The van der Waals surface area contributed by atoms with Crippen molar-refractivity contribution in [1.82, 2.24) is 5.32 Å². The normalized spacial score (nSPS) is 17.4. The van der Waals surface area contributed by atoms with E-state index >= 15 is 0 Å². The Kier molecular flexibility index (Phi) is 3.15. The van der Waals surface area contributed by atoms with E-state index < -0.39 is 5.67 Å². The zero-order valence-electron chi connectivity index (χ0n) is 10.0. The Balaban J connectivity index is 2.10. The van der Waals surface area contributed by atoms with E-state index in [1.807, 2.05) is 19.9 Å². The highest BCUT2D eigenvalue weighted by Gasteiger charge is 2.37. The molecule has 1 fully saturated rings. The molecule has 17 heavy (non-hydrogen) atoms. The van der Waals surface area contributed by atoms with Gasteiger partial charge in [-0.3, -0.25) is 4.79 Å². The van der Waals surface area contributed by atoms with Crippen LogP contribution in [-0.4, -0.2) is 31.7 Å². The second-order valence-electron chi connectivity index (χ2n) is 4.62. The van der Waals surface area contributed by atoms with Crippen molar-refractivity contribution in [3.05, 3.63) is 28.8 Å². The van der Waals surface area contributed by atoms with Gasteiger partial charge in [0.2, 0.25) is 0 Å². The summed E-state index contributed by atoms with van der Waals surface area (Å²) in [6.07, 6.45) is 0.797. The molecule has 0 saturated carbocycles. The van der Waals surface area contributed by atoms with Gasteiger partial charge in [0.1, 0.15) is 18.6 Å². The first-order valence-electron chi connectivity index (χ1n) is 5.63. The third kappa shape index (κ3) is 2.47. The number of alkyl halides is 1. The van der Waals surface area contributed by atoms with Crippen LogP contribution in [0.5, 0.6) is 5.75 Å². The Morgan fingerprint density at radius 2 is 2.18 bits per heavy atom. The van der Waals surface area contributed by atoms with Crippen LogP contribution in [0.3, 0.4) is 0 Å². The van der Waals surface area contributed by atoms with Crippen LogP contribution in [-0.2, 0) is 0 Å². The molecule has 1 aliphatic rings. The molecular weight excluding hydrogens is 221 g/mol. The first-order chi connectivity index (χ1) is 8.04. The van der Waals surface area contributed by atoms with Crippen LogP contribution in [0.2, 0.25) is 0 Å². The van der Waals surface area contributed by atoms with Crippen LogP contribution in [0, 0.1) is 13.8 Å². The summed E-state index contributed by atoms with van der Waals surface area (Å²) in [5.74, 6) is 0.555. The average Bonchev–Trinajstić information content (AvgIpc) is 2.28. The van der Waals surface area contributed by atoms with Gasteiger partial charge in [-0.05, 0) is 37.1 Å². The molecular formula is C13H16FNO2. The number of aldehydes is 1. The van der Waals surface area contributed by atoms with E-state index in [9.17, 15) is 9.18 Å². The topological polar surface area (TPSA) is 38.3 Å². The summed E-state index contributed by atoms with van der Waals surface area (Å²) in [5, 5.41) is 2.87. The Bertz CT molecular complexity index is 441. The van der Waals surface area contributed by atoms with Crippen LogP contribution in [0.1, 0.15) is 21.5 Å². The van der Waals surface area contributed by atoms with Gasteiger partial charge in [0.05, 0.1) is 0 Å². The van der Waals surface area contributed by atoms with Gasteiger partial charge in [-0.1, -0.05) is 0 Å². The number of rotatable bonds is 4. The summed E-state index contributed by atoms with van der Waals surface area (Å²) in [5.41, 5.74) is 1.25. The molecule has 1 saturated heterocycles. The number of hydrogen-bond donors (Lipinski definition) is 1. The van der Waals surface area contributed by atoms with Crippen molar-refractivity contribution in [2.45, 2.75) is 19.5 Å². The number of halogens is 1. The molecule has 2 rings (SSSR count). The Hall–Kier alpha value is -1.42. The lowest BCUT2D eigenvalue weighted by atomic mass is 10.0. The molecule has 0 atom stereocenters. The minimum absolute atomic E-state index is 0.0286. The maximum Gasteiger partial charge on any atom is 0.169 e. The summed E-state index contributed by atoms with van der Waals surface area (Å²) >= 11 is 0. The molecule has 0 spiro atoms. The van der Waals surface area contributed by atoms with E-state index in [0.717, 1.165) is 17.4 Å². The molecule has 3 nitrogen and oxygen atoms in total. The fourth-order valence-corrected chi connectivity index (χ4v) is 1.77. The van der Waals surface area contributed by atoms with Crippen molar-refractivity contribution in [2.75, 3.05) is 19.7 Å². The Morgan fingerprint density at radius 1 is 1.47 bits per heavy atom. The summed E-state index contributed by atoms with van der Waals surface area (Å²) < 4.78 is 19.1. The Morgan fingerprint density at radius 3 is 2.71 bits per heavy atom. The maximum absolute atomic E-state index is 13.7. The molecule has 1 aromatic rings. The number of carbonyl (C=O) groups excluding carboxylic acids is 1. The third-order valence-corrected chi connectivity index (χ3v) is 3.19. The van der Waals surface area contributed by atoms with E-state index in [0.29, 0.717) is 24.4 Å². The number of ether oxygens (including phenoxy) is 1.